The van der Waals surface area contributed by atoms with Crippen LogP contribution in [0.3, 0.4) is 0 Å². The van der Waals surface area contributed by atoms with Crippen LogP contribution in [-0.4, -0.2) is 46.9 Å². The minimum atomic E-state index is -0.447. The average Bonchev–Trinajstić information content (AvgIpc) is 2.65. The Kier molecular flexibility index (Phi) is 5.80. The normalized spacial score (nSPS) is 11.1. The van der Waals surface area contributed by atoms with Gasteiger partial charge in [-0.05, 0) is 19.9 Å². The van der Waals surface area contributed by atoms with E-state index in [0.29, 0.717) is 12.3 Å². The van der Waals surface area contributed by atoms with Gasteiger partial charge in [0.1, 0.15) is 5.76 Å². The van der Waals surface area contributed by atoms with Gasteiger partial charge in [-0.15, -0.1) is 4.74 Å². The van der Waals surface area contributed by atoms with E-state index in [1.807, 2.05) is 4.90 Å². The Morgan fingerprint density at radius 3 is 2.72 bits per heavy atom. The zero-order valence-electron chi connectivity index (χ0n) is 10.9. The molecule has 0 aliphatic carbocycles. The molecule has 0 aliphatic rings. The van der Waals surface area contributed by atoms with Crippen LogP contribution >= 0.6 is 0 Å². The summed E-state index contributed by atoms with van der Waals surface area (Å²) in [5.41, 5.74) is -0.447. The van der Waals surface area contributed by atoms with Crippen molar-refractivity contribution in [2.45, 2.75) is 26.7 Å². The van der Waals surface area contributed by atoms with Crippen molar-refractivity contribution in [2.75, 3.05) is 26.2 Å². The standard InChI is InChI=1S/C12H20N2O4/c1-3-4-5-13(6-7-15)9-12(17)14-11(16)8-10(2)18-14/h8,15H,3-7,9H2,1-2H3. The molecule has 0 atom stereocenters. The zero-order chi connectivity index (χ0) is 13.5. The zero-order valence-corrected chi connectivity index (χ0v) is 10.9. The van der Waals surface area contributed by atoms with Gasteiger partial charge in [-0.2, -0.15) is 0 Å². The minimum Gasteiger partial charge on any atom is -0.395 e. The van der Waals surface area contributed by atoms with E-state index in [1.54, 1.807) is 6.92 Å². The molecule has 0 radical (unpaired) electrons. The predicted molar refractivity (Wildman–Crippen MR) is 66.8 cm³/mol. The Morgan fingerprint density at radius 1 is 1.50 bits per heavy atom. The summed E-state index contributed by atoms with van der Waals surface area (Å²) < 4.78 is 5.79. The number of carbonyl (C=O) groups is 1. The topological polar surface area (TPSA) is 75.7 Å². The van der Waals surface area contributed by atoms with Crippen molar-refractivity contribution >= 4 is 5.91 Å². The van der Waals surface area contributed by atoms with Crippen molar-refractivity contribution in [3.8, 4) is 0 Å². The van der Waals surface area contributed by atoms with Crippen molar-refractivity contribution in [1.29, 1.82) is 0 Å². The molecule has 0 saturated heterocycles. The van der Waals surface area contributed by atoms with Gasteiger partial charge in [-0.25, -0.2) is 0 Å². The van der Waals surface area contributed by atoms with Crippen LogP contribution in [0.4, 0.5) is 0 Å². The lowest BCUT2D eigenvalue weighted by Crippen LogP contribution is -2.37. The highest BCUT2D eigenvalue weighted by molar-refractivity contribution is 5.79. The molecule has 0 unspecified atom stereocenters. The summed E-state index contributed by atoms with van der Waals surface area (Å²) >= 11 is 0. The minimum absolute atomic E-state index is 0.0108. The number of carbonyl (C=O) groups excluding carboxylic acids is 1. The van der Waals surface area contributed by atoms with E-state index >= 15 is 0 Å². The highest BCUT2D eigenvalue weighted by atomic mass is 16.5. The molecular weight excluding hydrogens is 236 g/mol. The van der Waals surface area contributed by atoms with Gasteiger partial charge in [0.25, 0.3) is 11.5 Å². The average molecular weight is 256 g/mol. The van der Waals surface area contributed by atoms with Gasteiger partial charge in [-0.3, -0.25) is 14.5 Å². The first-order valence-electron chi connectivity index (χ1n) is 6.15. The molecule has 1 N–H and O–H groups in total. The molecule has 18 heavy (non-hydrogen) atoms. The van der Waals surface area contributed by atoms with Crippen LogP contribution in [0.2, 0.25) is 0 Å². The largest absolute Gasteiger partial charge is 0.395 e. The van der Waals surface area contributed by atoms with E-state index in [4.69, 9.17) is 9.63 Å². The van der Waals surface area contributed by atoms with E-state index in [9.17, 15) is 9.59 Å². The lowest BCUT2D eigenvalue weighted by atomic mass is 10.3. The monoisotopic (exact) mass is 256 g/mol. The van der Waals surface area contributed by atoms with Gasteiger partial charge in [-0.1, -0.05) is 13.3 Å². The van der Waals surface area contributed by atoms with Crippen LogP contribution in [0.25, 0.3) is 0 Å². The van der Waals surface area contributed by atoms with Crippen LogP contribution in [0.5, 0.6) is 0 Å². The van der Waals surface area contributed by atoms with Crippen LogP contribution in [0, 0.1) is 6.92 Å². The number of aliphatic hydroxyl groups is 1. The maximum atomic E-state index is 11.9. The molecule has 102 valence electrons. The highest BCUT2D eigenvalue weighted by Gasteiger charge is 2.15. The number of aromatic nitrogens is 1. The van der Waals surface area contributed by atoms with Crippen LogP contribution < -0.4 is 5.56 Å². The molecular formula is C12H20N2O4. The molecule has 0 aliphatic heterocycles. The summed E-state index contributed by atoms with van der Waals surface area (Å²) in [6.07, 6.45) is 1.95. The number of nitrogens with zero attached hydrogens (tertiary/aromatic N) is 2. The molecule has 0 amide bonds. The first kappa shape index (κ1) is 14.7. The van der Waals surface area contributed by atoms with Crippen molar-refractivity contribution < 1.29 is 14.4 Å². The summed E-state index contributed by atoms with van der Waals surface area (Å²) in [4.78, 5) is 25.1. The highest BCUT2D eigenvalue weighted by Crippen LogP contribution is 1.98. The number of unbranched alkanes of at least 4 members (excludes halogenated alkanes) is 1. The van der Waals surface area contributed by atoms with Crippen LogP contribution in [0.15, 0.2) is 15.4 Å². The number of hydrogen-bond acceptors (Lipinski definition) is 5. The number of rotatable bonds is 7. The van der Waals surface area contributed by atoms with Crippen molar-refractivity contribution in [1.82, 2.24) is 9.64 Å². The molecule has 1 heterocycles. The maximum absolute atomic E-state index is 11.9. The third-order valence-electron chi connectivity index (χ3n) is 2.59. The van der Waals surface area contributed by atoms with E-state index in [-0.39, 0.29) is 13.2 Å². The van der Waals surface area contributed by atoms with E-state index in [2.05, 4.69) is 6.92 Å². The summed E-state index contributed by atoms with van der Waals surface area (Å²) in [7, 11) is 0. The predicted octanol–water partition coefficient (Wildman–Crippen LogP) is 0.484. The number of aryl methyl sites for hydroxylation is 1. The van der Waals surface area contributed by atoms with Crippen molar-refractivity contribution in [3.05, 3.63) is 22.2 Å². The smallest absolute Gasteiger partial charge is 0.290 e. The molecule has 0 bridgehead atoms. The van der Waals surface area contributed by atoms with Crippen molar-refractivity contribution in [2.24, 2.45) is 0 Å². The quantitative estimate of drug-likeness (QED) is 0.768. The van der Waals surface area contributed by atoms with Crippen molar-refractivity contribution in [3.63, 3.8) is 0 Å². The fourth-order valence-corrected chi connectivity index (χ4v) is 1.67. The maximum Gasteiger partial charge on any atom is 0.290 e. The number of hydrogen-bond donors (Lipinski definition) is 1. The lowest BCUT2D eigenvalue weighted by Gasteiger charge is -2.19. The van der Waals surface area contributed by atoms with Gasteiger partial charge in [0.15, 0.2) is 0 Å². The first-order chi connectivity index (χ1) is 8.58. The summed E-state index contributed by atoms with van der Waals surface area (Å²) in [6, 6.07) is 1.28. The Labute approximate surface area is 106 Å². The summed E-state index contributed by atoms with van der Waals surface area (Å²) in [5.74, 6) is 0.00766. The second kappa shape index (κ2) is 7.13. The third-order valence-corrected chi connectivity index (χ3v) is 2.59. The second-order valence-electron chi connectivity index (χ2n) is 4.23. The molecule has 1 aromatic heterocycles. The lowest BCUT2D eigenvalue weighted by molar-refractivity contribution is 0.0699. The molecule has 0 spiro atoms. The van der Waals surface area contributed by atoms with Crippen LogP contribution in [0.1, 0.15) is 30.3 Å². The molecule has 1 aromatic rings. The molecule has 0 aromatic carbocycles. The SMILES string of the molecule is CCCCN(CCO)CC(=O)n1oc(C)cc1=O. The van der Waals surface area contributed by atoms with E-state index in [1.165, 1.54) is 6.07 Å². The number of aliphatic hydroxyl groups excluding tert-OH is 1. The second-order valence-corrected chi connectivity index (χ2v) is 4.23. The molecule has 0 fully saturated rings. The Hall–Kier alpha value is -1.40. The van der Waals surface area contributed by atoms with E-state index < -0.39 is 11.5 Å². The Morgan fingerprint density at radius 2 is 2.22 bits per heavy atom. The molecule has 6 nitrogen and oxygen atoms in total. The fraction of sp³-hybridized carbons (Fsp3) is 0.667. The third kappa shape index (κ3) is 4.12. The Bertz CT molecular complexity index is 436. The van der Waals surface area contributed by atoms with Gasteiger partial charge in [0, 0.05) is 12.6 Å². The van der Waals surface area contributed by atoms with Gasteiger partial charge >= 0.3 is 0 Å². The molecule has 6 heteroatoms. The van der Waals surface area contributed by atoms with Gasteiger partial charge in [0.2, 0.25) is 0 Å². The first-order valence-corrected chi connectivity index (χ1v) is 6.15. The summed E-state index contributed by atoms with van der Waals surface area (Å²) in [5, 5.41) is 8.93. The van der Waals surface area contributed by atoms with E-state index in [0.717, 1.165) is 24.1 Å². The van der Waals surface area contributed by atoms with Gasteiger partial charge < -0.3 is 9.63 Å². The molecule has 0 saturated carbocycles. The Balaban J connectivity index is 2.65. The fourth-order valence-electron chi connectivity index (χ4n) is 1.67. The summed E-state index contributed by atoms with van der Waals surface area (Å²) in [6.45, 7) is 4.88. The molecule has 1 rings (SSSR count). The van der Waals surface area contributed by atoms with Gasteiger partial charge in [0.05, 0.1) is 13.2 Å². The van der Waals surface area contributed by atoms with Crippen LogP contribution in [-0.2, 0) is 0 Å².